The van der Waals surface area contributed by atoms with Gasteiger partial charge in [-0.25, -0.2) is 9.59 Å². The molecule has 0 radical (unpaired) electrons. The summed E-state index contributed by atoms with van der Waals surface area (Å²) < 4.78 is 0. The van der Waals surface area contributed by atoms with Crippen LogP contribution in [0.1, 0.15) is 13.8 Å². The van der Waals surface area contributed by atoms with Crippen LogP contribution < -0.4 is 10.6 Å². The Hall–Kier alpha value is -1.83. The van der Waals surface area contributed by atoms with Gasteiger partial charge in [0.25, 0.3) is 0 Å². The standard InChI is InChI=1S/C10H19N3O5/c1-3-11-8(15)5-13(4-2)10(18)12-7(6-14)9(16)17/h7,14H,3-6H2,1-2H3,(H,11,15)(H,12,18)(H,16,17)/t7-/m0/s1. The summed E-state index contributed by atoms with van der Waals surface area (Å²) >= 11 is 0. The molecule has 0 bridgehead atoms. The number of nitrogens with zero attached hydrogens (tertiary/aromatic N) is 1. The van der Waals surface area contributed by atoms with Crippen molar-refractivity contribution in [3.8, 4) is 0 Å². The molecule has 0 aromatic heterocycles. The summed E-state index contributed by atoms with van der Waals surface area (Å²) in [6.07, 6.45) is 0. The number of urea groups is 1. The number of likely N-dealkylation sites (N-methyl/N-ethyl adjacent to an activating group) is 2. The van der Waals surface area contributed by atoms with Crippen molar-refractivity contribution >= 4 is 17.9 Å². The molecule has 0 fully saturated rings. The summed E-state index contributed by atoms with van der Waals surface area (Å²) in [4.78, 5) is 34.7. The van der Waals surface area contributed by atoms with Crippen LogP contribution >= 0.6 is 0 Å². The minimum atomic E-state index is -1.37. The number of hydrogen-bond donors (Lipinski definition) is 4. The van der Waals surface area contributed by atoms with Gasteiger partial charge in [-0.1, -0.05) is 0 Å². The molecule has 0 aliphatic rings. The topological polar surface area (TPSA) is 119 Å². The van der Waals surface area contributed by atoms with Gasteiger partial charge in [-0.05, 0) is 13.8 Å². The van der Waals surface area contributed by atoms with Crippen LogP contribution in [0.2, 0.25) is 0 Å². The van der Waals surface area contributed by atoms with Crippen LogP contribution in [0.25, 0.3) is 0 Å². The van der Waals surface area contributed by atoms with Crippen molar-refractivity contribution in [2.24, 2.45) is 0 Å². The molecular weight excluding hydrogens is 242 g/mol. The van der Waals surface area contributed by atoms with Crippen molar-refractivity contribution in [1.82, 2.24) is 15.5 Å². The molecule has 0 aliphatic carbocycles. The fraction of sp³-hybridized carbons (Fsp3) is 0.700. The van der Waals surface area contributed by atoms with Crippen LogP contribution in [-0.2, 0) is 9.59 Å². The van der Waals surface area contributed by atoms with Crippen LogP contribution in [0, 0.1) is 0 Å². The number of aliphatic carboxylic acids is 1. The number of aliphatic hydroxyl groups excluding tert-OH is 1. The molecule has 1 atom stereocenters. The predicted molar refractivity (Wildman–Crippen MR) is 63.0 cm³/mol. The lowest BCUT2D eigenvalue weighted by molar-refractivity contribution is -0.140. The Labute approximate surface area is 105 Å². The molecule has 0 spiro atoms. The molecule has 0 saturated heterocycles. The highest BCUT2D eigenvalue weighted by Gasteiger charge is 2.22. The average Bonchev–Trinajstić information content (AvgIpc) is 2.32. The van der Waals surface area contributed by atoms with E-state index < -0.39 is 24.6 Å². The Balaban J connectivity index is 4.42. The Bertz CT molecular complexity index is 308. The van der Waals surface area contributed by atoms with Crippen LogP contribution in [0.3, 0.4) is 0 Å². The van der Waals surface area contributed by atoms with Gasteiger partial charge in [0.2, 0.25) is 5.91 Å². The SMILES string of the molecule is CCNC(=O)CN(CC)C(=O)N[C@@H](CO)C(=O)O. The van der Waals surface area contributed by atoms with Crippen molar-refractivity contribution < 1.29 is 24.6 Å². The van der Waals surface area contributed by atoms with E-state index in [2.05, 4.69) is 10.6 Å². The Morgan fingerprint density at radius 2 is 1.89 bits per heavy atom. The summed E-state index contributed by atoms with van der Waals surface area (Å²) in [6, 6.07) is -2.08. The number of carboxylic acid groups (broad SMARTS) is 1. The third-order valence-corrected chi connectivity index (χ3v) is 2.16. The van der Waals surface area contributed by atoms with E-state index >= 15 is 0 Å². The van der Waals surface area contributed by atoms with Crippen LogP contribution in [0.15, 0.2) is 0 Å². The number of hydrogen-bond acceptors (Lipinski definition) is 4. The van der Waals surface area contributed by atoms with Crippen molar-refractivity contribution in [3.05, 3.63) is 0 Å². The van der Waals surface area contributed by atoms with Crippen molar-refractivity contribution in [3.63, 3.8) is 0 Å². The molecule has 8 nitrogen and oxygen atoms in total. The highest BCUT2D eigenvalue weighted by molar-refractivity contribution is 5.86. The van der Waals surface area contributed by atoms with Gasteiger partial charge in [-0.2, -0.15) is 0 Å². The largest absolute Gasteiger partial charge is 0.480 e. The zero-order chi connectivity index (χ0) is 14.1. The molecule has 0 aromatic rings. The Morgan fingerprint density at radius 1 is 1.28 bits per heavy atom. The quantitative estimate of drug-likeness (QED) is 0.449. The maximum atomic E-state index is 11.6. The summed E-state index contributed by atoms with van der Waals surface area (Å²) in [7, 11) is 0. The van der Waals surface area contributed by atoms with E-state index in [-0.39, 0.29) is 19.0 Å². The van der Waals surface area contributed by atoms with E-state index in [4.69, 9.17) is 10.2 Å². The Kier molecular flexibility index (Phi) is 7.45. The molecule has 8 heteroatoms. The third kappa shape index (κ3) is 5.48. The maximum Gasteiger partial charge on any atom is 0.328 e. The normalized spacial score (nSPS) is 11.5. The first-order valence-corrected chi connectivity index (χ1v) is 5.62. The van der Waals surface area contributed by atoms with Crippen LogP contribution in [-0.4, -0.2) is 65.3 Å². The fourth-order valence-corrected chi connectivity index (χ4v) is 1.18. The molecule has 0 aliphatic heterocycles. The van der Waals surface area contributed by atoms with E-state index in [9.17, 15) is 14.4 Å². The van der Waals surface area contributed by atoms with Gasteiger partial charge < -0.3 is 25.7 Å². The number of aliphatic hydroxyl groups is 1. The minimum Gasteiger partial charge on any atom is -0.480 e. The first kappa shape index (κ1) is 16.2. The Morgan fingerprint density at radius 3 is 2.28 bits per heavy atom. The number of amides is 3. The van der Waals surface area contributed by atoms with Gasteiger partial charge in [0, 0.05) is 13.1 Å². The maximum absolute atomic E-state index is 11.6. The second kappa shape index (κ2) is 8.29. The lowest BCUT2D eigenvalue weighted by atomic mass is 10.3. The van der Waals surface area contributed by atoms with E-state index in [1.54, 1.807) is 13.8 Å². The second-order valence-electron chi connectivity index (χ2n) is 3.49. The number of rotatable bonds is 7. The summed E-state index contributed by atoms with van der Waals surface area (Å²) in [5.41, 5.74) is 0. The third-order valence-electron chi connectivity index (χ3n) is 2.16. The first-order valence-electron chi connectivity index (χ1n) is 5.62. The molecule has 0 rings (SSSR count). The predicted octanol–water partition coefficient (Wildman–Crippen LogP) is -1.40. The molecule has 3 amide bonds. The molecule has 0 saturated carbocycles. The van der Waals surface area contributed by atoms with Gasteiger partial charge in [0.1, 0.15) is 6.54 Å². The van der Waals surface area contributed by atoms with Crippen LogP contribution in [0.4, 0.5) is 4.79 Å². The van der Waals surface area contributed by atoms with Gasteiger partial charge >= 0.3 is 12.0 Å². The van der Waals surface area contributed by atoms with Crippen LogP contribution in [0.5, 0.6) is 0 Å². The summed E-state index contributed by atoms with van der Waals surface area (Å²) in [6.45, 7) is 3.24. The minimum absolute atomic E-state index is 0.159. The highest BCUT2D eigenvalue weighted by Crippen LogP contribution is 1.92. The van der Waals surface area contributed by atoms with Crippen molar-refractivity contribution in [2.45, 2.75) is 19.9 Å². The lowest BCUT2D eigenvalue weighted by Gasteiger charge is -2.22. The molecule has 104 valence electrons. The van der Waals surface area contributed by atoms with Gasteiger partial charge in [0.15, 0.2) is 6.04 Å². The summed E-state index contributed by atoms with van der Waals surface area (Å²) in [5.74, 6) is -1.66. The molecule has 4 N–H and O–H groups in total. The fourth-order valence-electron chi connectivity index (χ4n) is 1.18. The first-order chi connectivity index (χ1) is 8.46. The molecule has 0 heterocycles. The van der Waals surface area contributed by atoms with Crippen molar-refractivity contribution in [1.29, 1.82) is 0 Å². The molecule has 0 unspecified atom stereocenters. The van der Waals surface area contributed by atoms with E-state index in [0.29, 0.717) is 6.54 Å². The van der Waals surface area contributed by atoms with Gasteiger partial charge in [-0.3, -0.25) is 4.79 Å². The number of carbonyl (C=O) groups is 3. The van der Waals surface area contributed by atoms with Gasteiger partial charge in [-0.15, -0.1) is 0 Å². The smallest absolute Gasteiger partial charge is 0.328 e. The lowest BCUT2D eigenvalue weighted by Crippen LogP contribution is -2.51. The van der Waals surface area contributed by atoms with E-state index in [0.717, 1.165) is 4.90 Å². The molecule has 18 heavy (non-hydrogen) atoms. The van der Waals surface area contributed by atoms with E-state index in [1.165, 1.54) is 0 Å². The molecular formula is C10H19N3O5. The number of carbonyl (C=O) groups excluding carboxylic acids is 2. The average molecular weight is 261 g/mol. The zero-order valence-corrected chi connectivity index (χ0v) is 10.5. The summed E-state index contributed by atoms with van der Waals surface area (Å²) in [5, 5.41) is 22.1. The zero-order valence-electron chi connectivity index (χ0n) is 10.5. The van der Waals surface area contributed by atoms with E-state index in [1.807, 2.05) is 0 Å². The molecule has 0 aromatic carbocycles. The number of carboxylic acids is 1. The number of nitrogens with one attached hydrogen (secondary N) is 2. The van der Waals surface area contributed by atoms with Crippen molar-refractivity contribution in [2.75, 3.05) is 26.2 Å². The second-order valence-corrected chi connectivity index (χ2v) is 3.49. The van der Waals surface area contributed by atoms with Gasteiger partial charge in [0.05, 0.1) is 6.61 Å². The highest BCUT2D eigenvalue weighted by atomic mass is 16.4. The monoisotopic (exact) mass is 261 g/mol.